The van der Waals surface area contributed by atoms with Gasteiger partial charge in [-0.15, -0.1) is 0 Å². The Balaban J connectivity index is 2.72. The first kappa shape index (κ1) is 14.5. The Labute approximate surface area is 107 Å². The van der Waals surface area contributed by atoms with Gasteiger partial charge in [0.05, 0.1) is 0 Å². The van der Waals surface area contributed by atoms with Gasteiger partial charge in [-0.2, -0.15) is 0 Å². The van der Waals surface area contributed by atoms with E-state index in [0.29, 0.717) is 6.42 Å². The van der Waals surface area contributed by atoms with E-state index in [4.69, 9.17) is 4.74 Å². The fraction of sp³-hybridized carbons (Fsp3) is 0.750. The molecule has 1 saturated heterocycles. The van der Waals surface area contributed by atoms with Gasteiger partial charge in [-0.1, -0.05) is 6.92 Å². The highest BCUT2D eigenvalue weighted by Crippen LogP contribution is 2.20. The maximum Gasteiger partial charge on any atom is 0.326 e. The maximum absolute atomic E-state index is 12.0. The second-order valence-corrected chi connectivity index (χ2v) is 5.59. The van der Waals surface area contributed by atoms with Gasteiger partial charge in [-0.05, 0) is 34.1 Å². The summed E-state index contributed by atoms with van der Waals surface area (Å²) in [5, 5.41) is 2.58. The van der Waals surface area contributed by atoms with Crippen molar-refractivity contribution in [1.29, 1.82) is 0 Å². The third kappa shape index (κ3) is 3.00. The lowest BCUT2D eigenvalue weighted by atomic mass is 9.99. The summed E-state index contributed by atoms with van der Waals surface area (Å²) >= 11 is 0. The predicted molar refractivity (Wildman–Crippen MR) is 64.8 cm³/mol. The average molecular weight is 256 g/mol. The van der Waals surface area contributed by atoms with Crippen LogP contribution in [0.15, 0.2) is 0 Å². The minimum absolute atomic E-state index is 0.350. The van der Waals surface area contributed by atoms with Gasteiger partial charge < -0.3 is 10.1 Å². The standard InChI is InChI=1S/C12H20N2O4/c1-6-12(5)9(16)14(10(17)13-12)7-8(15)18-11(2,3)4/h6-7H2,1-5H3,(H,13,17). The lowest BCUT2D eigenvalue weighted by Crippen LogP contribution is -2.44. The molecule has 1 rings (SSSR count). The van der Waals surface area contributed by atoms with Crippen LogP contribution in [0.1, 0.15) is 41.0 Å². The number of hydrogen-bond donors (Lipinski definition) is 1. The summed E-state index contributed by atoms with van der Waals surface area (Å²) in [7, 11) is 0. The molecular formula is C12H20N2O4. The summed E-state index contributed by atoms with van der Waals surface area (Å²) in [6.07, 6.45) is 0.475. The summed E-state index contributed by atoms with van der Waals surface area (Å²) in [6.45, 7) is 8.28. The van der Waals surface area contributed by atoms with Crippen molar-refractivity contribution in [2.24, 2.45) is 0 Å². The number of nitrogens with one attached hydrogen (secondary N) is 1. The Hall–Kier alpha value is -1.59. The fourth-order valence-corrected chi connectivity index (χ4v) is 1.63. The molecule has 1 atom stereocenters. The van der Waals surface area contributed by atoms with E-state index in [2.05, 4.69) is 5.32 Å². The van der Waals surface area contributed by atoms with E-state index in [1.807, 2.05) is 0 Å². The molecule has 6 heteroatoms. The van der Waals surface area contributed by atoms with Gasteiger partial charge in [0.1, 0.15) is 17.7 Å². The fourth-order valence-electron chi connectivity index (χ4n) is 1.63. The molecule has 1 unspecified atom stereocenters. The zero-order chi connectivity index (χ0) is 14.1. The largest absolute Gasteiger partial charge is 0.459 e. The van der Waals surface area contributed by atoms with Crippen molar-refractivity contribution in [3.05, 3.63) is 0 Å². The van der Waals surface area contributed by atoms with Gasteiger partial charge in [0.15, 0.2) is 0 Å². The van der Waals surface area contributed by atoms with Crippen molar-refractivity contribution >= 4 is 17.9 Å². The maximum atomic E-state index is 12.0. The van der Waals surface area contributed by atoms with Crippen LogP contribution in [0.2, 0.25) is 0 Å². The summed E-state index contributed by atoms with van der Waals surface area (Å²) in [5.41, 5.74) is -1.55. The van der Waals surface area contributed by atoms with Crippen molar-refractivity contribution in [2.75, 3.05) is 6.54 Å². The first-order valence-corrected chi connectivity index (χ1v) is 5.95. The van der Waals surface area contributed by atoms with E-state index in [1.165, 1.54) is 0 Å². The normalized spacial score (nSPS) is 24.2. The molecule has 0 aromatic rings. The van der Waals surface area contributed by atoms with Crippen LogP contribution < -0.4 is 5.32 Å². The molecule has 18 heavy (non-hydrogen) atoms. The van der Waals surface area contributed by atoms with Crippen molar-refractivity contribution in [1.82, 2.24) is 10.2 Å². The quantitative estimate of drug-likeness (QED) is 0.605. The monoisotopic (exact) mass is 256 g/mol. The van der Waals surface area contributed by atoms with Crippen LogP contribution in [0, 0.1) is 0 Å². The number of rotatable bonds is 3. The highest BCUT2D eigenvalue weighted by Gasteiger charge is 2.47. The molecule has 0 radical (unpaired) electrons. The van der Waals surface area contributed by atoms with Crippen molar-refractivity contribution in [3.8, 4) is 0 Å². The smallest absolute Gasteiger partial charge is 0.326 e. The summed E-state index contributed by atoms with van der Waals surface area (Å²) < 4.78 is 5.09. The number of urea groups is 1. The molecular weight excluding hydrogens is 236 g/mol. The highest BCUT2D eigenvalue weighted by atomic mass is 16.6. The van der Waals surface area contributed by atoms with Gasteiger partial charge >= 0.3 is 12.0 Å². The number of amides is 3. The molecule has 1 fully saturated rings. The third-order valence-electron chi connectivity index (χ3n) is 2.76. The van der Waals surface area contributed by atoms with Crippen molar-refractivity contribution in [2.45, 2.75) is 52.2 Å². The minimum atomic E-state index is -0.918. The molecule has 0 bridgehead atoms. The third-order valence-corrected chi connectivity index (χ3v) is 2.76. The molecule has 0 aromatic heterocycles. The van der Waals surface area contributed by atoms with E-state index in [0.717, 1.165) is 4.90 Å². The molecule has 6 nitrogen and oxygen atoms in total. The van der Waals surface area contributed by atoms with Crippen LogP contribution >= 0.6 is 0 Å². The van der Waals surface area contributed by atoms with Crippen LogP contribution in [-0.2, 0) is 14.3 Å². The van der Waals surface area contributed by atoms with Crippen molar-refractivity contribution < 1.29 is 19.1 Å². The average Bonchev–Trinajstić information content (AvgIpc) is 2.40. The first-order valence-electron chi connectivity index (χ1n) is 5.95. The number of esters is 1. The number of carbonyl (C=O) groups excluding carboxylic acids is 3. The summed E-state index contributed by atoms with van der Waals surface area (Å²) in [5.74, 6) is -0.979. The highest BCUT2D eigenvalue weighted by molar-refractivity contribution is 6.08. The lowest BCUT2D eigenvalue weighted by Gasteiger charge is -2.22. The lowest BCUT2D eigenvalue weighted by molar-refractivity contribution is -0.157. The Morgan fingerprint density at radius 1 is 1.39 bits per heavy atom. The molecule has 1 N–H and O–H groups in total. The number of ether oxygens (including phenoxy) is 1. The van der Waals surface area contributed by atoms with E-state index in [1.54, 1.807) is 34.6 Å². The van der Waals surface area contributed by atoms with Gasteiger partial charge in [0.25, 0.3) is 5.91 Å². The van der Waals surface area contributed by atoms with Crippen molar-refractivity contribution in [3.63, 3.8) is 0 Å². The molecule has 0 aliphatic carbocycles. The number of nitrogens with zero attached hydrogens (tertiary/aromatic N) is 1. The van der Waals surface area contributed by atoms with Crippen LogP contribution in [0.5, 0.6) is 0 Å². The topological polar surface area (TPSA) is 75.7 Å². The molecule has 0 spiro atoms. The molecule has 1 aliphatic rings. The SMILES string of the molecule is CCC1(C)NC(=O)N(CC(=O)OC(C)(C)C)C1=O. The summed E-state index contributed by atoms with van der Waals surface area (Å²) in [4.78, 5) is 36.2. The Morgan fingerprint density at radius 2 is 1.94 bits per heavy atom. The Morgan fingerprint density at radius 3 is 2.33 bits per heavy atom. The molecule has 102 valence electrons. The van der Waals surface area contributed by atoms with E-state index in [9.17, 15) is 14.4 Å². The predicted octanol–water partition coefficient (Wildman–Crippen LogP) is 1.05. The van der Waals surface area contributed by atoms with E-state index >= 15 is 0 Å². The second-order valence-electron chi connectivity index (χ2n) is 5.59. The molecule has 0 aromatic carbocycles. The molecule has 3 amide bonds. The first-order chi connectivity index (χ1) is 8.09. The van der Waals surface area contributed by atoms with Crippen LogP contribution in [0.25, 0.3) is 0 Å². The number of hydrogen-bond acceptors (Lipinski definition) is 4. The molecule has 0 saturated carbocycles. The van der Waals surface area contributed by atoms with Crippen LogP contribution in [-0.4, -0.2) is 40.5 Å². The van der Waals surface area contributed by atoms with E-state index < -0.39 is 23.1 Å². The Kier molecular flexibility index (Phi) is 3.69. The van der Waals surface area contributed by atoms with E-state index in [-0.39, 0.29) is 12.5 Å². The second kappa shape index (κ2) is 4.59. The van der Waals surface area contributed by atoms with Crippen LogP contribution in [0.3, 0.4) is 0 Å². The number of imide groups is 1. The van der Waals surface area contributed by atoms with Crippen LogP contribution in [0.4, 0.5) is 4.79 Å². The zero-order valence-electron chi connectivity index (χ0n) is 11.5. The van der Waals surface area contributed by atoms with Gasteiger partial charge in [-0.25, -0.2) is 4.79 Å². The Bertz CT molecular complexity index is 386. The molecule has 1 heterocycles. The van der Waals surface area contributed by atoms with Gasteiger partial charge in [0, 0.05) is 0 Å². The van der Waals surface area contributed by atoms with Gasteiger partial charge in [-0.3, -0.25) is 14.5 Å². The molecule has 1 aliphatic heterocycles. The zero-order valence-corrected chi connectivity index (χ0v) is 11.5. The summed E-state index contributed by atoms with van der Waals surface area (Å²) in [6, 6.07) is -0.546. The van der Waals surface area contributed by atoms with Gasteiger partial charge in [0.2, 0.25) is 0 Å². The minimum Gasteiger partial charge on any atom is -0.459 e. The number of carbonyl (C=O) groups is 3.